The van der Waals surface area contributed by atoms with Crippen molar-refractivity contribution >= 4 is 23.6 Å². The fourth-order valence-corrected chi connectivity index (χ4v) is 3.78. The van der Waals surface area contributed by atoms with Crippen molar-refractivity contribution in [1.82, 2.24) is 0 Å². The number of anilines is 1. The van der Waals surface area contributed by atoms with Crippen LogP contribution in [-0.4, -0.2) is 24.0 Å². The summed E-state index contributed by atoms with van der Waals surface area (Å²) in [6, 6.07) is 13.0. The molecule has 0 radical (unpaired) electrons. The van der Waals surface area contributed by atoms with Gasteiger partial charge in [-0.1, -0.05) is 30.3 Å². The van der Waals surface area contributed by atoms with Gasteiger partial charge in [-0.25, -0.2) is 4.90 Å². The van der Waals surface area contributed by atoms with Gasteiger partial charge in [0.05, 0.1) is 16.8 Å². The van der Waals surface area contributed by atoms with Crippen LogP contribution >= 0.6 is 0 Å². The van der Waals surface area contributed by atoms with Crippen molar-refractivity contribution < 1.29 is 27.5 Å². The third-order valence-corrected chi connectivity index (χ3v) is 5.25. The van der Waals surface area contributed by atoms with Gasteiger partial charge in [0.2, 0.25) is 0 Å². The standard InChI is InChI=1S/C22H18F3NO3/c23-22(24,25)16-10-8-15(9-11-16)14-18-19(27)26(17-6-2-1-3-7-17)20(28)21(18)12-4-5-13-29-21/h1-3,6-11,14H,4-5,12-13H2/b18-14-. The Morgan fingerprint density at radius 2 is 1.66 bits per heavy atom. The number of halogens is 3. The van der Waals surface area contributed by atoms with Crippen molar-refractivity contribution in [2.75, 3.05) is 11.5 Å². The number of nitrogens with zero attached hydrogens (tertiary/aromatic N) is 1. The van der Waals surface area contributed by atoms with Crippen LogP contribution in [0.3, 0.4) is 0 Å². The van der Waals surface area contributed by atoms with Crippen LogP contribution in [0.25, 0.3) is 6.08 Å². The molecular weight excluding hydrogens is 383 g/mol. The minimum Gasteiger partial charge on any atom is -0.360 e. The molecule has 1 unspecified atom stereocenters. The number of rotatable bonds is 2. The highest BCUT2D eigenvalue weighted by molar-refractivity contribution is 6.33. The number of carbonyl (C=O) groups is 2. The first-order chi connectivity index (χ1) is 13.8. The van der Waals surface area contributed by atoms with E-state index in [2.05, 4.69) is 0 Å². The summed E-state index contributed by atoms with van der Waals surface area (Å²) in [6.07, 6.45) is -1.13. The molecule has 150 valence electrons. The van der Waals surface area contributed by atoms with Crippen LogP contribution in [0.1, 0.15) is 30.4 Å². The number of imide groups is 1. The molecular formula is C22H18F3NO3. The van der Waals surface area contributed by atoms with Gasteiger partial charge in [0.1, 0.15) is 0 Å². The van der Waals surface area contributed by atoms with E-state index in [1.165, 1.54) is 18.2 Å². The first kappa shape index (κ1) is 19.4. The summed E-state index contributed by atoms with van der Waals surface area (Å²) in [5.41, 5.74) is -1.17. The van der Waals surface area contributed by atoms with Gasteiger partial charge in [-0.05, 0) is 55.2 Å². The smallest absolute Gasteiger partial charge is 0.360 e. The number of carbonyl (C=O) groups excluding carboxylic acids is 2. The highest BCUT2D eigenvalue weighted by Crippen LogP contribution is 2.43. The zero-order valence-corrected chi connectivity index (χ0v) is 15.4. The summed E-state index contributed by atoms with van der Waals surface area (Å²) >= 11 is 0. The quantitative estimate of drug-likeness (QED) is 0.546. The highest BCUT2D eigenvalue weighted by Gasteiger charge is 2.57. The molecule has 1 spiro atoms. The number of amides is 2. The maximum atomic E-state index is 13.3. The summed E-state index contributed by atoms with van der Waals surface area (Å²) in [5, 5.41) is 0. The van der Waals surface area contributed by atoms with Gasteiger partial charge in [0.15, 0.2) is 5.60 Å². The van der Waals surface area contributed by atoms with E-state index in [1.54, 1.807) is 30.3 Å². The van der Waals surface area contributed by atoms with Crippen LogP contribution < -0.4 is 4.90 Å². The summed E-state index contributed by atoms with van der Waals surface area (Å²) in [5.74, 6) is -0.963. The maximum absolute atomic E-state index is 13.3. The molecule has 2 fully saturated rings. The van der Waals surface area contributed by atoms with Crippen LogP contribution in [0.4, 0.5) is 18.9 Å². The van der Waals surface area contributed by atoms with Crippen molar-refractivity contribution in [3.63, 3.8) is 0 Å². The van der Waals surface area contributed by atoms with E-state index < -0.39 is 29.2 Å². The zero-order valence-electron chi connectivity index (χ0n) is 15.4. The number of hydrogen-bond donors (Lipinski definition) is 0. The number of para-hydroxylation sites is 1. The molecule has 2 aliphatic rings. The van der Waals surface area contributed by atoms with Crippen LogP contribution in [0.5, 0.6) is 0 Å². The number of alkyl halides is 3. The Labute approximate surface area is 165 Å². The minimum absolute atomic E-state index is 0.158. The molecule has 0 bridgehead atoms. The molecule has 0 aliphatic carbocycles. The molecule has 2 aliphatic heterocycles. The summed E-state index contributed by atoms with van der Waals surface area (Å²) in [7, 11) is 0. The lowest BCUT2D eigenvalue weighted by atomic mass is 9.86. The second kappa shape index (κ2) is 7.15. The molecule has 4 rings (SSSR count). The minimum atomic E-state index is -4.44. The van der Waals surface area contributed by atoms with Crippen molar-refractivity contribution in [3.8, 4) is 0 Å². The second-order valence-electron chi connectivity index (χ2n) is 7.09. The molecule has 2 saturated heterocycles. The van der Waals surface area contributed by atoms with Gasteiger partial charge in [-0.3, -0.25) is 9.59 Å². The van der Waals surface area contributed by atoms with Crippen LogP contribution in [0.15, 0.2) is 60.2 Å². The van der Waals surface area contributed by atoms with Gasteiger partial charge in [0, 0.05) is 6.61 Å². The third kappa shape index (κ3) is 3.35. The summed E-state index contributed by atoms with van der Waals surface area (Å²) in [4.78, 5) is 27.6. The van der Waals surface area contributed by atoms with Gasteiger partial charge >= 0.3 is 6.18 Å². The summed E-state index contributed by atoms with van der Waals surface area (Å²) < 4.78 is 44.3. The third-order valence-electron chi connectivity index (χ3n) is 5.25. The van der Waals surface area contributed by atoms with Gasteiger partial charge in [-0.15, -0.1) is 0 Å². The molecule has 0 N–H and O–H groups in total. The van der Waals surface area contributed by atoms with Crippen LogP contribution in [0, 0.1) is 0 Å². The zero-order chi connectivity index (χ0) is 20.6. The fourth-order valence-electron chi connectivity index (χ4n) is 3.78. The number of ether oxygens (including phenoxy) is 1. The predicted molar refractivity (Wildman–Crippen MR) is 101 cm³/mol. The normalized spacial score (nSPS) is 24.0. The molecule has 2 heterocycles. The molecule has 0 saturated carbocycles. The molecule has 7 heteroatoms. The SMILES string of the molecule is O=C1/C(=C/c2ccc(C(F)(F)F)cc2)C2(CCCCO2)C(=O)N1c1ccccc1. The van der Waals surface area contributed by atoms with E-state index in [4.69, 9.17) is 4.74 Å². The lowest BCUT2D eigenvalue weighted by molar-refractivity contribution is -0.140. The van der Waals surface area contributed by atoms with Crippen molar-refractivity contribution in [2.45, 2.75) is 31.0 Å². The van der Waals surface area contributed by atoms with Crippen molar-refractivity contribution in [3.05, 3.63) is 71.3 Å². The first-order valence-electron chi connectivity index (χ1n) is 9.30. The Morgan fingerprint density at radius 3 is 2.24 bits per heavy atom. The van der Waals surface area contributed by atoms with E-state index in [0.29, 0.717) is 30.7 Å². The monoisotopic (exact) mass is 401 g/mol. The fraction of sp³-hybridized carbons (Fsp3) is 0.273. The van der Waals surface area contributed by atoms with Crippen molar-refractivity contribution in [1.29, 1.82) is 0 Å². The van der Waals surface area contributed by atoms with Gasteiger partial charge < -0.3 is 4.74 Å². The Hall–Kier alpha value is -2.93. The number of hydrogen-bond acceptors (Lipinski definition) is 3. The second-order valence-corrected chi connectivity index (χ2v) is 7.09. The Morgan fingerprint density at radius 1 is 0.966 bits per heavy atom. The Kier molecular flexibility index (Phi) is 4.78. The first-order valence-corrected chi connectivity index (χ1v) is 9.30. The lowest BCUT2D eigenvalue weighted by Crippen LogP contribution is -2.45. The molecule has 4 nitrogen and oxygen atoms in total. The van der Waals surface area contributed by atoms with Crippen molar-refractivity contribution in [2.24, 2.45) is 0 Å². The number of benzene rings is 2. The van der Waals surface area contributed by atoms with Gasteiger partial charge in [-0.2, -0.15) is 13.2 Å². The Bertz CT molecular complexity index is 959. The molecule has 0 aromatic heterocycles. The molecule has 2 amide bonds. The van der Waals surface area contributed by atoms with Crippen LogP contribution in [0.2, 0.25) is 0 Å². The topological polar surface area (TPSA) is 46.6 Å². The maximum Gasteiger partial charge on any atom is 0.416 e. The molecule has 2 aromatic rings. The predicted octanol–water partition coefficient (Wildman–Crippen LogP) is 4.60. The Balaban J connectivity index is 1.78. The largest absolute Gasteiger partial charge is 0.416 e. The average Bonchev–Trinajstić information content (AvgIpc) is 2.90. The summed E-state index contributed by atoms with van der Waals surface area (Å²) in [6.45, 7) is 0.339. The lowest BCUT2D eigenvalue weighted by Gasteiger charge is -2.32. The van der Waals surface area contributed by atoms with E-state index in [1.807, 2.05) is 0 Å². The molecule has 29 heavy (non-hydrogen) atoms. The van der Waals surface area contributed by atoms with E-state index in [9.17, 15) is 22.8 Å². The highest BCUT2D eigenvalue weighted by atomic mass is 19.4. The van der Waals surface area contributed by atoms with E-state index in [-0.39, 0.29) is 5.57 Å². The molecule has 1 atom stereocenters. The average molecular weight is 401 g/mol. The van der Waals surface area contributed by atoms with E-state index in [0.717, 1.165) is 23.5 Å². The molecule has 2 aromatic carbocycles. The van der Waals surface area contributed by atoms with Crippen LogP contribution in [-0.2, 0) is 20.5 Å². The van der Waals surface area contributed by atoms with E-state index >= 15 is 0 Å². The van der Waals surface area contributed by atoms with Gasteiger partial charge in [0.25, 0.3) is 11.8 Å².